The maximum Gasteiger partial charge on any atom is 0.0641 e. The van der Waals surface area contributed by atoms with Crippen molar-refractivity contribution in [2.75, 3.05) is 6.54 Å². The number of likely N-dealkylation sites (tertiary alicyclic amines) is 1. The molecule has 1 aromatic rings. The summed E-state index contributed by atoms with van der Waals surface area (Å²) in [4.78, 5) is 2.57. The largest absolute Gasteiger partial charge is 0.329 e. The minimum Gasteiger partial charge on any atom is -0.329 e. The molecule has 2 N–H and O–H groups in total. The Labute approximate surface area is 110 Å². The van der Waals surface area contributed by atoms with Crippen molar-refractivity contribution in [1.82, 2.24) is 14.7 Å². The number of nitrogens with two attached hydrogens (primary N) is 1. The summed E-state index contributed by atoms with van der Waals surface area (Å²) in [5, 5.41) is 4.51. The molecule has 1 aliphatic rings. The van der Waals surface area contributed by atoms with E-state index >= 15 is 0 Å². The van der Waals surface area contributed by atoms with Crippen LogP contribution in [-0.2, 0) is 13.6 Å². The second kappa shape index (κ2) is 5.41. The van der Waals surface area contributed by atoms with Crippen molar-refractivity contribution in [3.63, 3.8) is 0 Å². The first-order chi connectivity index (χ1) is 8.54. The Morgan fingerprint density at radius 2 is 2.06 bits per heavy atom. The van der Waals surface area contributed by atoms with Crippen molar-refractivity contribution >= 4 is 0 Å². The second-order valence-electron chi connectivity index (χ2n) is 5.61. The van der Waals surface area contributed by atoms with Crippen LogP contribution >= 0.6 is 0 Å². The molecule has 0 amide bonds. The summed E-state index contributed by atoms with van der Waals surface area (Å²) in [5.41, 5.74) is 9.74. The smallest absolute Gasteiger partial charge is 0.0641 e. The van der Waals surface area contributed by atoms with E-state index in [1.54, 1.807) is 0 Å². The molecular weight excluding hydrogens is 224 g/mol. The molecule has 0 spiro atoms. The Bertz CT molecular complexity index is 410. The van der Waals surface area contributed by atoms with Crippen LogP contribution in [0.4, 0.5) is 0 Å². The van der Waals surface area contributed by atoms with Gasteiger partial charge in [0.25, 0.3) is 0 Å². The number of rotatable bonds is 3. The van der Waals surface area contributed by atoms with Crippen molar-refractivity contribution in [3.8, 4) is 0 Å². The summed E-state index contributed by atoms with van der Waals surface area (Å²) >= 11 is 0. The fraction of sp³-hybridized carbons (Fsp3) is 0.786. The lowest BCUT2D eigenvalue weighted by Crippen LogP contribution is -2.48. The molecule has 1 fully saturated rings. The van der Waals surface area contributed by atoms with Gasteiger partial charge in [-0.25, -0.2) is 0 Å². The SMILES string of the molecule is Cc1nn(C)c(C)c1CN1C(C)CCCC1CN. The number of hydrogen-bond acceptors (Lipinski definition) is 3. The van der Waals surface area contributed by atoms with Crippen LogP contribution < -0.4 is 5.73 Å². The van der Waals surface area contributed by atoms with Gasteiger partial charge in [0, 0.05) is 43.5 Å². The van der Waals surface area contributed by atoms with Gasteiger partial charge in [0.15, 0.2) is 0 Å². The van der Waals surface area contributed by atoms with Crippen LogP contribution in [0.1, 0.15) is 43.1 Å². The number of aryl methyl sites for hydroxylation is 2. The van der Waals surface area contributed by atoms with E-state index in [9.17, 15) is 0 Å². The maximum atomic E-state index is 5.93. The third kappa shape index (κ3) is 2.45. The van der Waals surface area contributed by atoms with Crippen LogP contribution in [0.25, 0.3) is 0 Å². The van der Waals surface area contributed by atoms with E-state index in [2.05, 4.69) is 30.8 Å². The van der Waals surface area contributed by atoms with Crippen LogP contribution in [0, 0.1) is 13.8 Å². The van der Waals surface area contributed by atoms with Crippen LogP contribution in [0.5, 0.6) is 0 Å². The Hall–Kier alpha value is -0.870. The van der Waals surface area contributed by atoms with Gasteiger partial charge in [0.2, 0.25) is 0 Å². The molecule has 18 heavy (non-hydrogen) atoms. The zero-order valence-electron chi connectivity index (χ0n) is 12.1. The van der Waals surface area contributed by atoms with Crippen molar-refractivity contribution in [2.45, 2.75) is 58.7 Å². The van der Waals surface area contributed by atoms with Gasteiger partial charge in [0.05, 0.1) is 5.69 Å². The maximum absolute atomic E-state index is 5.93. The second-order valence-corrected chi connectivity index (χ2v) is 5.61. The molecule has 1 saturated heterocycles. The molecule has 4 heteroatoms. The topological polar surface area (TPSA) is 47.1 Å². The highest BCUT2D eigenvalue weighted by molar-refractivity contribution is 5.24. The Balaban J connectivity index is 2.20. The summed E-state index contributed by atoms with van der Waals surface area (Å²) < 4.78 is 1.98. The summed E-state index contributed by atoms with van der Waals surface area (Å²) in [7, 11) is 2.02. The van der Waals surface area contributed by atoms with E-state index in [0.29, 0.717) is 12.1 Å². The zero-order chi connectivity index (χ0) is 13.3. The molecule has 1 aromatic heterocycles. The Kier molecular flexibility index (Phi) is 4.07. The molecule has 2 atom stereocenters. The van der Waals surface area contributed by atoms with E-state index in [4.69, 9.17) is 5.73 Å². The predicted octanol–water partition coefficient (Wildman–Crippen LogP) is 1.74. The molecule has 102 valence electrons. The minimum atomic E-state index is 0.535. The lowest BCUT2D eigenvalue weighted by molar-refractivity contribution is 0.0888. The average Bonchev–Trinajstić information content (AvgIpc) is 2.58. The lowest BCUT2D eigenvalue weighted by atomic mass is 9.95. The van der Waals surface area contributed by atoms with Crippen molar-refractivity contribution in [1.29, 1.82) is 0 Å². The number of hydrogen-bond donors (Lipinski definition) is 1. The molecular formula is C14H26N4. The average molecular weight is 250 g/mol. The van der Waals surface area contributed by atoms with E-state index in [-0.39, 0.29) is 0 Å². The van der Waals surface area contributed by atoms with Gasteiger partial charge in [-0.1, -0.05) is 6.42 Å². The Morgan fingerprint density at radius 3 is 2.61 bits per heavy atom. The summed E-state index contributed by atoms with van der Waals surface area (Å²) in [6, 6.07) is 1.17. The standard InChI is InChI=1S/C14H26N4/c1-10-6-5-7-13(8-15)18(10)9-14-11(2)16-17(4)12(14)3/h10,13H,5-9,15H2,1-4H3. The third-order valence-corrected chi connectivity index (χ3v) is 4.47. The first kappa shape index (κ1) is 13.6. The van der Waals surface area contributed by atoms with Crippen molar-refractivity contribution in [3.05, 3.63) is 17.0 Å². The van der Waals surface area contributed by atoms with Gasteiger partial charge < -0.3 is 5.73 Å². The van der Waals surface area contributed by atoms with Gasteiger partial charge in [0.1, 0.15) is 0 Å². The van der Waals surface area contributed by atoms with Crippen LogP contribution in [0.3, 0.4) is 0 Å². The fourth-order valence-corrected chi connectivity index (χ4v) is 3.11. The first-order valence-corrected chi connectivity index (χ1v) is 6.99. The molecule has 0 aromatic carbocycles. The predicted molar refractivity (Wildman–Crippen MR) is 74.4 cm³/mol. The molecule has 2 unspecified atom stereocenters. The Morgan fingerprint density at radius 1 is 1.33 bits per heavy atom. The number of nitrogens with zero attached hydrogens (tertiary/aromatic N) is 3. The van der Waals surface area contributed by atoms with Crippen LogP contribution in [-0.4, -0.2) is 33.3 Å². The molecule has 0 aliphatic carbocycles. The van der Waals surface area contributed by atoms with E-state index < -0.39 is 0 Å². The normalized spacial score (nSPS) is 25.6. The lowest BCUT2D eigenvalue weighted by Gasteiger charge is -2.40. The summed E-state index contributed by atoms with van der Waals surface area (Å²) in [6.45, 7) is 8.34. The summed E-state index contributed by atoms with van der Waals surface area (Å²) in [6.07, 6.45) is 3.83. The van der Waals surface area contributed by atoms with Gasteiger partial charge in [-0.3, -0.25) is 9.58 Å². The van der Waals surface area contributed by atoms with Gasteiger partial charge in [-0.05, 0) is 33.6 Å². The first-order valence-electron chi connectivity index (χ1n) is 6.99. The highest BCUT2D eigenvalue weighted by Gasteiger charge is 2.28. The number of piperidine rings is 1. The quantitative estimate of drug-likeness (QED) is 0.889. The molecule has 0 radical (unpaired) electrons. The molecule has 4 nitrogen and oxygen atoms in total. The minimum absolute atomic E-state index is 0.535. The van der Waals surface area contributed by atoms with Gasteiger partial charge in [-0.15, -0.1) is 0 Å². The molecule has 0 bridgehead atoms. The van der Waals surface area contributed by atoms with Crippen LogP contribution in [0.15, 0.2) is 0 Å². The monoisotopic (exact) mass is 250 g/mol. The zero-order valence-corrected chi connectivity index (χ0v) is 12.1. The summed E-state index contributed by atoms with van der Waals surface area (Å²) in [5.74, 6) is 0. The van der Waals surface area contributed by atoms with Gasteiger partial charge >= 0.3 is 0 Å². The molecule has 2 heterocycles. The fourth-order valence-electron chi connectivity index (χ4n) is 3.11. The van der Waals surface area contributed by atoms with Crippen molar-refractivity contribution in [2.24, 2.45) is 12.8 Å². The van der Waals surface area contributed by atoms with E-state index in [0.717, 1.165) is 18.8 Å². The third-order valence-electron chi connectivity index (χ3n) is 4.47. The highest BCUT2D eigenvalue weighted by atomic mass is 15.3. The number of aromatic nitrogens is 2. The molecule has 2 rings (SSSR count). The van der Waals surface area contributed by atoms with Crippen LogP contribution in [0.2, 0.25) is 0 Å². The molecule has 0 saturated carbocycles. The molecule has 1 aliphatic heterocycles. The van der Waals surface area contributed by atoms with Crippen molar-refractivity contribution < 1.29 is 0 Å². The highest BCUT2D eigenvalue weighted by Crippen LogP contribution is 2.26. The van der Waals surface area contributed by atoms with Gasteiger partial charge in [-0.2, -0.15) is 5.10 Å². The van der Waals surface area contributed by atoms with E-state index in [1.807, 2.05) is 11.7 Å². The van der Waals surface area contributed by atoms with E-state index in [1.165, 1.54) is 30.5 Å².